The highest BCUT2D eigenvalue weighted by molar-refractivity contribution is 9.10. The van der Waals surface area contributed by atoms with Crippen LogP contribution in [0.3, 0.4) is 0 Å². The normalized spacial score (nSPS) is 10.6. The molecular weight excluding hydrogens is 402 g/mol. The van der Waals surface area contributed by atoms with Crippen LogP contribution in [0.15, 0.2) is 46.0 Å². The molecule has 0 radical (unpaired) electrons. The van der Waals surface area contributed by atoms with Crippen LogP contribution in [0.5, 0.6) is 11.5 Å². The quantitative estimate of drug-likeness (QED) is 0.380. The molecule has 0 aromatic heterocycles. The second-order valence-corrected chi connectivity index (χ2v) is 6.35. The molecule has 2 rings (SSSR count). The number of halogens is 1. The first-order valence-electron chi connectivity index (χ1n) is 7.64. The number of hydrogen-bond donors (Lipinski definition) is 3. The summed E-state index contributed by atoms with van der Waals surface area (Å²) in [5.41, 5.74) is 4.28. The number of amides is 2. The minimum absolute atomic E-state index is 0.106. The first kappa shape index (κ1) is 19.5. The van der Waals surface area contributed by atoms with Crippen molar-refractivity contribution in [3.05, 3.63) is 52.0 Å². The van der Waals surface area contributed by atoms with Gasteiger partial charge in [-0.2, -0.15) is 5.10 Å². The summed E-state index contributed by atoms with van der Waals surface area (Å²) in [7, 11) is 1.43. The second kappa shape index (κ2) is 9.00. The van der Waals surface area contributed by atoms with Crippen LogP contribution in [0.4, 0.5) is 5.69 Å². The summed E-state index contributed by atoms with van der Waals surface area (Å²) >= 11 is 3.28. The summed E-state index contributed by atoms with van der Waals surface area (Å²) in [6, 6.07) is 10.4. The van der Waals surface area contributed by atoms with E-state index in [1.54, 1.807) is 24.3 Å². The number of carbonyl (C=O) groups excluding carboxylic acids is 2. The number of hydrogen-bond acceptors (Lipinski definition) is 5. The fraction of sp³-hybridized carbons (Fsp3) is 0.167. The fourth-order valence-corrected chi connectivity index (χ4v) is 2.50. The summed E-state index contributed by atoms with van der Waals surface area (Å²) < 4.78 is 5.71. The summed E-state index contributed by atoms with van der Waals surface area (Å²) in [6.45, 7) is 1.94. The van der Waals surface area contributed by atoms with E-state index < -0.39 is 11.8 Å². The van der Waals surface area contributed by atoms with Crippen molar-refractivity contribution in [1.82, 2.24) is 5.43 Å². The Hall–Kier alpha value is -2.87. The molecule has 0 heterocycles. The number of benzene rings is 2. The number of carbonyl (C=O) groups is 2. The van der Waals surface area contributed by atoms with Crippen molar-refractivity contribution in [2.75, 3.05) is 12.4 Å². The van der Waals surface area contributed by atoms with Gasteiger partial charge in [-0.05, 0) is 31.2 Å². The lowest BCUT2D eigenvalue weighted by Crippen LogP contribution is -2.24. The topological polar surface area (TPSA) is 100 Å². The Morgan fingerprint density at radius 1 is 1.23 bits per heavy atom. The predicted octanol–water partition coefficient (Wildman–Crippen LogP) is 2.95. The van der Waals surface area contributed by atoms with Crippen molar-refractivity contribution in [2.45, 2.75) is 13.3 Å². The van der Waals surface area contributed by atoms with Gasteiger partial charge >= 0.3 is 0 Å². The molecule has 2 amide bonds. The van der Waals surface area contributed by atoms with Gasteiger partial charge in [0.2, 0.25) is 11.8 Å². The molecule has 3 N–H and O–H groups in total. The molecule has 2 aromatic carbocycles. The molecule has 136 valence electrons. The average Bonchev–Trinajstić information content (AvgIpc) is 2.59. The van der Waals surface area contributed by atoms with Crippen LogP contribution in [0.1, 0.15) is 17.5 Å². The highest BCUT2D eigenvalue weighted by Gasteiger charge is 2.10. The van der Waals surface area contributed by atoms with Gasteiger partial charge in [0.1, 0.15) is 6.42 Å². The maximum atomic E-state index is 11.8. The highest BCUT2D eigenvalue weighted by atomic mass is 79.9. The van der Waals surface area contributed by atoms with Crippen LogP contribution < -0.4 is 15.5 Å². The summed E-state index contributed by atoms with van der Waals surface area (Å²) in [5, 5.41) is 16.4. The number of rotatable bonds is 6. The Kier molecular flexibility index (Phi) is 6.74. The molecule has 0 spiro atoms. The Morgan fingerprint density at radius 2 is 1.92 bits per heavy atom. The minimum atomic E-state index is -0.577. The first-order valence-corrected chi connectivity index (χ1v) is 8.43. The molecular formula is C18H18BrN3O4. The Bertz CT molecular complexity index is 835. The van der Waals surface area contributed by atoms with E-state index in [-0.39, 0.29) is 17.9 Å². The van der Waals surface area contributed by atoms with Crippen molar-refractivity contribution in [3.63, 3.8) is 0 Å². The van der Waals surface area contributed by atoms with Gasteiger partial charge < -0.3 is 15.2 Å². The average molecular weight is 420 g/mol. The lowest BCUT2D eigenvalue weighted by molar-refractivity contribution is -0.126. The van der Waals surface area contributed by atoms with E-state index in [0.717, 1.165) is 5.56 Å². The van der Waals surface area contributed by atoms with E-state index in [1.807, 2.05) is 19.1 Å². The SMILES string of the molecule is COc1cc(Br)cc(C=NNC(=O)CC(=O)Nc2ccc(C)cc2)c1O. The van der Waals surface area contributed by atoms with Gasteiger partial charge in [-0.25, -0.2) is 5.43 Å². The van der Waals surface area contributed by atoms with Gasteiger partial charge in [-0.15, -0.1) is 0 Å². The zero-order chi connectivity index (χ0) is 19.1. The van der Waals surface area contributed by atoms with Crippen LogP contribution in [0.2, 0.25) is 0 Å². The minimum Gasteiger partial charge on any atom is -0.504 e. The van der Waals surface area contributed by atoms with Gasteiger partial charge in [0.25, 0.3) is 0 Å². The van der Waals surface area contributed by atoms with Crippen LogP contribution in [0.25, 0.3) is 0 Å². The number of methoxy groups -OCH3 is 1. The fourth-order valence-electron chi connectivity index (χ4n) is 2.05. The van der Waals surface area contributed by atoms with E-state index in [9.17, 15) is 14.7 Å². The van der Waals surface area contributed by atoms with Crippen LogP contribution in [-0.2, 0) is 9.59 Å². The maximum absolute atomic E-state index is 11.8. The number of nitrogens with zero attached hydrogens (tertiary/aromatic N) is 1. The van der Waals surface area contributed by atoms with E-state index in [0.29, 0.717) is 15.7 Å². The standard InChI is InChI=1S/C18H18BrN3O4/c1-11-3-5-14(6-4-11)21-16(23)9-17(24)22-20-10-12-7-13(19)8-15(26-2)18(12)25/h3-8,10,25H,9H2,1-2H3,(H,21,23)(H,22,24). The monoisotopic (exact) mass is 419 g/mol. The zero-order valence-electron chi connectivity index (χ0n) is 14.2. The molecule has 0 saturated carbocycles. The number of hydrazone groups is 1. The maximum Gasteiger partial charge on any atom is 0.249 e. The summed E-state index contributed by atoms with van der Waals surface area (Å²) in [4.78, 5) is 23.6. The molecule has 0 aliphatic heterocycles. The highest BCUT2D eigenvalue weighted by Crippen LogP contribution is 2.32. The number of anilines is 1. The molecule has 0 aliphatic carbocycles. The molecule has 0 fully saturated rings. The van der Waals surface area contributed by atoms with E-state index in [4.69, 9.17) is 4.74 Å². The third-order valence-corrected chi connectivity index (χ3v) is 3.80. The van der Waals surface area contributed by atoms with Crippen molar-refractivity contribution >= 4 is 39.6 Å². The smallest absolute Gasteiger partial charge is 0.249 e. The molecule has 2 aromatic rings. The van der Waals surface area contributed by atoms with E-state index >= 15 is 0 Å². The van der Waals surface area contributed by atoms with E-state index in [2.05, 4.69) is 31.8 Å². The van der Waals surface area contributed by atoms with E-state index in [1.165, 1.54) is 13.3 Å². The Balaban J connectivity index is 1.90. The van der Waals surface area contributed by atoms with Crippen molar-refractivity contribution < 1.29 is 19.4 Å². The molecule has 26 heavy (non-hydrogen) atoms. The molecule has 0 atom stereocenters. The third-order valence-electron chi connectivity index (χ3n) is 3.34. The zero-order valence-corrected chi connectivity index (χ0v) is 15.8. The third kappa shape index (κ3) is 5.59. The van der Waals surface area contributed by atoms with Crippen LogP contribution in [0, 0.1) is 6.92 Å². The lowest BCUT2D eigenvalue weighted by Gasteiger charge is -2.07. The largest absolute Gasteiger partial charge is 0.504 e. The number of nitrogens with one attached hydrogen (secondary N) is 2. The summed E-state index contributed by atoms with van der Waals surface area (Å²) in [5.74, 6) is -0.865. The molecule has 0 unspecified atom stereocenters. The van der Waals surface area contributed by atoms with Crippen molar-refractivity contribution in [1.29, 1.82) is 0 Å². The Morgan fingerprint density at radius 3 is 2.58 bits per heavy atom. The number of aryl methyl sites for hydroxylation is 1. The van der Waals surface area contributed by atoms with Gasteiger partial charge in [0.15, 0.2) is 11.5 Å². The number of aromatic hydroxyl groups is 1. The van der Waals surface area contributed by atoms with Crippen LogP contribution >= 0.6 is 15.9 Å². The molecule has 8 heteroatoms. The van der Waals surface area contributed by atoms with Gasteiger partial charge in [-0.1, -0.05) is 33.6 Å². The molecule has 0 aliphatic rings. The molecule has 7 nitrogen and oxygen atoms in total. The number of phenolic OH excluding ortho intramolecular Hbond substituents is 1. The van der Waals surface area contributed by atoms with Gasteiger partial charge in [0.05, 0.1) is 13.3 Å². The van der Waals surface area contributed by atoms with Crippen LogP contribution in [-0.4, -0.2) is 30.2 Å². The van der Waals surface area contributed by atoms with Gasteiger partial charge in [0, 0.05) is 15.7 Å². The number of phenols is 1. The second-order valence-electron chi connectivity index (χ2n) is 5.43. The lowest BCUT2D eigenvalue weighted by atomic mass is 10.2. The summed E-state index contributed by atoms with van der Waals surface area (Å²) in [6.07, 6.45) is 0.886. The van der Waals surface area contributed by atoms with Crippen molar-refractivity contribution in [3.8, 4) is 11.5 Å². The van der Waals surface area contributed by atoms with Crippen molar-refractivity contribution in [2.24, 2.45) is 5.10 Å². The molecule has 0 saturated heterocycles. The predicted molar refractivity (Wildman–Crippen MR) is 103 cm³/mol. The first-order chi connectivity index (χ1) is 12.4. The molecule has 0 bridgehead atoms. The Labute approximate surface area is 159 Å². The van der Waals surface area contributed by atoms with Gasteiger partial charge in [-0.3, -0.25) is 9.59 Å². The number of ether oxygens (including phenoxy) is 1.